The summed E-state index contributed by atoms with van der Waals surface area (Å²) in [5.41, 5.74) is 4.81. The van der Waals surface area contributed by atoms with Gasteiger partial charge in [-0.15, -0.1) is 0 Å². The van der Waals surface area contributed by atoms with Gasteiger partial charge in [-0.2, -0.15) is 0 Å². The molecule has 0 aromatic heterocycles. The molecule has 0 aliphatic rings. The number of carbonyl (C=O) groups is 2. The van der Waals surface area contributed by atoms with E-state index in [-0.39, 0.29) is 23.8 Å². The Kier molecular flexibility index (Phi) is 11.5. The molecule has 4 rings (SSSR count). The smallest absolute Gasteiger partial charge is 0.264 e. The van der Waals surface area contributed by atoms with E-state index >= 15 is 0 Å². The third kappa shape index (κ3) is 8.60. The first kappa shape index (κ1) is 33.5. The highest BCUT2D eigenvalue weighted by Crippen LogP contribution is 2.28. The van der Waals surface area contributed by atoms with Gasteiger partial charge in [0.15, 0.2) is 0 Å². The van der Waals surface area contributed by atoms with E-state index in [1.54, 1.807) is 41.3 Å². The van der Waals surface area contributed by atoms with Crippen LogP contribution in [-0.2, 0) is 32.6 Å². The topological polar surface area (TPSA) is 86.8 Å². The zero-order valence-electron chi connectivity index (χ0n) is 26.6. The van der Waals surface area contributed by atoms with Crippen LogP contribution in [0.5, 0.6) is 0 Å². The van der Waals surface area contributed by atoms with Crippen molar-refractivity contribution >= 4 is 27.5 Å². The van der Waals surface area contributed by atoms with Crippen molar-refractivity contribution in [1.29, 1.82) is 0 Å². The van der Waals surface area contributed by atoms with Crippen LogP contribution in [-0.4, -0.2) is 44.3 Å². The van der Waals surface area contributed by atoms with E-state index in [2.05, 4.69) is 12.2 Å². The molecule has 7 nitrogen and oxygen atoms in total. The average molecular weight is 626 g/mol. The van der Waals surface area contributed by atoms with Crippen molar-refractivity contribution in [2.24, 2.45) is 0 Å². The van der Waals surface area contributed by atoms with Crippen molar-refractivity contribution in [3.05, 3.63) is 131 Å². The molecule has 0 heterocycles. The van der Waals surface area contributed by atoms with Crippen LogP contribution < -0.4 is 9.62 Å². The number of sulfonamides is 1. The quantitative estimate of drug-likeness (QED) is 0.165. The summed E-state index contributed by atoms with van der Waals surface area (Å²) < 4.78 is 29.6. The molecule has 2 amide bonds. The first-order valence-electron chi connectivity index (χ1n) is 15.4. The fourth-order valence-corrected chi connectivity index (χ4v) is 6.70. The van der Waals surface area contributed by atoms with Gasteiger partial charge in [0.05, 0.1) is 10.6 Å². The van der Waals surface area contributed by atoms with Crippen molar-refractivity contribution in [2.45, 2.75) is 64.4 Å². The molecule has 4 aromatic carbocycles. The molecule has 0 unspecified atom stereocenters. The van der Waals surface area contributed by atoms with Crippen LogP contribution in [0.25, 0.3) is 0 Å². The summed E-state index contributed by atoms with van der Waals surface area (Å²) in [5.74, 6) is -0.734. The number of hydrogen-bond acceptors (Lipinski definition) is 4. The summed E-state index contributed by atoms with van der Waals surface area (Å²) in [6.45, 7) is 7.90. The molecular formula is C37H43N3O4S. The van der Waals surface area contributed by atoms with E-state index in [4.69, 9.17) is 0 Å². The van der Waals surface area contributed by atoms with Gasteiger partial charge in [-0.05, 0) is 67.6 Å². The summed E-state index contributed by atoms with van der Waals surface area (Å²) in [6.07, 6.45) is 2.01. The van der Waals surface area contributed by atoms with E-state index in [0.29, 0.717) is 17.8 Å². The number of nitrogens with zero attached hydrogens (tertiary/aromatic N) is 2. The van der Waals surface area contributed by atoms with Gasteiger partial charge in [0.1, 0.15) is 12.6 Å². The predicted molar refractivity (Wildman–Crippen MR) is 180 cm³/mol. The van der Waals surface area contributed by atoms with Crippen LogP contribution in [0.15, 0.2) is 108 Å². The number of carbonyl (C=O) groups excluding carboxylic acids is 2. The summed E-state index contributed by atoms with van der Waals surface area (Å²) in [6, 6.07) is 30.2. The molecule has 236 valence electrons. The molecule has 1 N–H and O–H groups in total. The van der Waals surface area contributed by atoms with E-state index in [1.807, 2.05) is 87.5 Å². The SMILES string of the molecule is CCCCNC(=O)[C@@H](Cc1ccccc1)N(Cc1ccccc1C)C(=O)CN(c1ccccc1C)S(=O)(=O)c1ccc(C)cc1. The first-order chi connectivity index (χ1) is 21.6. The molecule has 1 atom stereocenters. The van der Waals surface area contributed by atoms with Crippen molar-refractivity contribution in [2.75, 3.05) is 17.4 Å². The normalized spacial score (nSPS) is 11.9. The van der Waals surface area contributed by atoms with Gasteiger partial charge in [-0.3, -0.25) is 13.9 Å². The molecule has 0 spiro atoms. The van der Waals surface area contributed by atoms with Crippen LogP contribution in [0.2, 0.25) is 0 Å². The minimum Gasteiger partial charge on any atom is -0.354 e. The van der Waals surface area contributed by atoms with Gasteiger partial charge in [-0.1, -0.05) is 104 Å². The number of anilines is 1. The van der Waals surface area contributed by atoms with Gasteiger partial charge in [0.25, 0.3) is 10.0 Å². The number of unbranched alkanes of at least 4 members (excludes halogenated alkanes) is 1. The number of amides is 2. The molecule has 0 bridgehead atoms. The van der Waals surface area contributed by atoms with E-state index < -0.39 is 28.5 Å². The maximum Gasteiger partial charge on any atom is 0.264 e. The van der Waals surface area contributed by atoms with Gasteiger partial charge < -0.3 is 10.2 Å². The van der Waals surface area contributed by atoms with Gasteiger partial charge in [-0.25, -0.2) is 8.42 Å². The van der Waals surface area contributed by atoms with Gasteiger partial charge in [0.2, 0.25) is 11.8 Å². The predicted octanol–water partition coefficient (Wildman–Crippen LogP) is 6.36. The molecule has 0 aliphatic carbocycles. The van der Waals surface area contributed by atoms with E-state index in [0.717, 1.165) is 35.1 Å². The second kappa shape index (κ2) is 15.5. The summed E-state index contributed by atoms with van der Waals surface area (Å²) in [5, 5.41) is 3.03. The zero-order chi connectivity index (χ0) is 32.4. The average Bonchev–Trinajstić information content (AvgIpc) is 3.03. The Morgan fingerprint density at radius 1 is 0.778 bits per heavy atom. The zero-order valence-corrected chi connectivity index (χ0v) is 27.4. The van der Waals surface area contributed by atoms with Crippen molar-refractivity contribution in [3.8, 4) is 0 Å². The minimum atomic E-state index is -4.14. The largest absolute Gasteiger partial charge is 0.354 e. The monoisotopic (exact) mass is 625 g/mol. The van der Waals surface area contributed by atoms with Gasteiger partial charge in [0, 0.05) is 19.5 Å². The van der Waals surface area contributed by atoms with Crippen molar-refractivity contribution in [1.82, 2.24) is 10.2 Å². The summed E-state index contributed by atoms with van der Waals surface area (Å²) in [7, 11) is -4.14. The highest BCUT2D eigenvalue weighted by atomic mass is 32.2. The molecule has 0 fully saturated rings. The highest BCUT2D eigenvalue weighted by molar-refractivity contribution is 7.92. The first-order valence-corrected chi connectivity index (χ1v) is 16.9. The minimum absolute atomic E-state index is 0.0905. The number of nitrogens with one attached hydrogen (secondary N) is 1. The lowest BCUT2D eigenvalue weighted by Crippen LogP contribution is -2.53. The van der Waals surface area contributed by atoms with E-state index in [1.165, 1.54) is 4.31 Å². The molecule has 8 heteroatoms. The number of hydrogen-bond donors (Lipinski definition) is 1. The fourth-order valence-electron chi connectivity index (χ4n) is 5.23. The lowest BCUT2D eigenvalue weighted by molar-refractivity contribution is -0.140. The Morgan fingerprint density at radius 3 is 2.04 bits per heavy atom. The number of rotatable bonds is 14. The van der Waals surface area contributed by atoms with Crippen LogP contribution in [0, 0.1) is 20.8 Å². The molecule has 0 saturated carbocycles. The second-order valence-electron chi connectivity index (χ2n) is 11.4. The lowest BCUT2D eigenvalue weighted by Gasteiger charge is -2.34. The Labute approximate surface area is 268 Å². The van der Waals surface area contributed by atoms with Gasteiger partial charge >= 0.3 is 0 Å². The van der Waals surface area contributed by atoms with Crippen LogP contribution in [0.1, 0.15) is 47.6 Å². The number of aryl methyl sites for hydroxylation is 3. The standard InChI is InChI=1S/C37H43N3O4S/c1-5-6-24-38-37(42)35(25-31-16-8-7-9-17-31)39(26-32-18-12-10-14-29(32)3)36(41)27-40(34-19-13-11-15-30(34)4)45(43,44)33-22-20-28(2)21-23-33/h7-23,35H,5-6,24-27H2,1-4H3,(H,38,42)/t35-/m1/s1. The Bertz CT molecular complexity index is 1690. The van der Waals surface area contributed by atoms with Crippen LogP contribution >= 0.6 is 0 Å². The third-order valence-electron chi connectivity index (χ3n) is 7.97. The Morgan fingerprint density at radius 2 is 1.40 bits per heavy atom. The number of para-hydroxylation sites is 1. The molecule has 0 radical (unpaired) electrons. The second-order valence-corrected chi connectivity index (χ2v) is 13.3. The van der Waals surface area contributed by atoms with Crippen molar-refractivity contribution in [3.63, 3.8) is 0 Å². The third-order valence-corrected chi connectivity index (χ3v) is 9.75. The Hall–Kier alpha value is -4.43. The molecule has 0 saturated heterocycles. The van der Waals surface area contributed by atoms with Crippen LogP contribution in [0.3, 0.4) is 0 Å². The maximum absolute atomic E-state index is 14.6. The summed E-state index contributed by atoms with van der Waals surface area (Å²) >= 11 is 0. The van der Waals surface area contributed by atoms with Crippen LogP contribution in [0.4, 0.5) is 5.69 Å². The lowest BCUT2D eigenvalue weighted by atomic mass is 10.0. The van der Waals surface area contributed by atoms with Crippen molar-refractivity contribution < 1.29 is 18.0 Å². The molecular weight excluding hydrogens is 582 g/mol. The van der Waals surface area contributed by atoms with E-state index in [9.17, 15) is 18.0 Å². The highest BCUT2D eigenvalue weighted by Gasteiger charge is 2.35. The maximum atomic E-state index is 14.6. The molecule has 45 heavy (non-hydrogen) atoms. The Balaban J connectivity index is 1.80. The fraction of sp³-hybridized carbons (Fsp3) is 0.297. The number of benzene rings is 4. The summed E-state index contributed by atoms with van der Waals surface area (Å²) in [4.78, 5) is 30.1. The molecule has 0 aliphatic heterocycles. The molecule has 4 aromatic rings.